The molecule has 1 aliphatic rings. The van der Waals surface area contributed by atoms with Gasteiger partial charge in [-0.2, -0.15) is 0 Å². The molecule has 0 aromatic heterocycles. The van der Waals surface area contributed by atoms with Gasteiger partial charge in [-0.25, -0.2) is 4.39 Å². The summed E-state index contributed by atoms with van der Waals surface area (Å²) in [4.78, 5) is 8.22. The van der Waals surface area contributed by atoms with Gasteiger partial charge in [-0.05, 0) is 49.8 Å². The van der Waals surface area contributed by atoms with Gasteiger partial charge >= 0.3 is 0 Å². The Labute approximate surface area is 166 Å². The first-order valence-electron chi connectivity index (χ1n) is 9.71. The average molecular weight is 398 g/mol. The van der Waals surface area contributed by atoms with E-state index in [1.807, 2.05) is 12.1 Å². The molecular weight excluding hydrogens is 365 g/mol. The van der Waals surface area contributed by atoms with Crippen molar-refractivity contribution in [1.82, 2.24) is 10.2 Å². The fraction of sp³-hybridized carbons (Fsp3) is 0.650. The quantitative estimate of drug-likeness (QED) is 0.269. The molecule has 1 N–H and O–H groups in total. The largest absolute Gasteiger partial charge is 0.382 e. The van der Waals surface area contributed by atoms with Crippen molar-refractivity contribution in [2.75, 3.05) is 58.9 Å². The van der Waals surface area contributed by atoms with Crippen molar-refractivity contribution < 1.29 is 13.9 Å². The van der Waals surface area contributed by atoms with Gasteiger partial charge in [0.15, 0.2) is 5.96 Å². The number of halogens is 1. The van der Waals surface area contributed by atoms with Crippen LogP contribution in [0.25, 0.3) is 0 Å². The highest BCUT2D eigenvalue weighted by Gasteiger charge is 2.24. The van der Waals surface area contributed by atoms with E-state index in [4.69, 9.17) is 14.5 Å². The molecule has 0 bridgehead atoms. The Kier molecular flexibility index (Phi) is 10.6. The summed E-state index contributed by atoms with van der Waals surface area (Å²) in [7, 11) is 1.69. The molecule has 0 spiro atoms. The summed E-state index contributed by atoms with van der Waals surface area (Å²) in [5.41, 5.74) is 0. The van der Waals surface area contributed by atoms with E-state index in [-0.39, 0.29) is 5.82 Å². The highest BCUT2D eigenvalue weighted by Crippen LogP contribution is 2.19. The van der Waals surface area contributed by atoms with Gasteiger partial charge in [-0.1, -0.05) is 0 Å². The van der Waals surface area contributed by atoms with Crippen LogP contribution in [0.5, 0.6) is 0 Å². The zero-order valence-electron chi connectivity index (χ0n) is 16.5. The van der Waals surface area contributed by atoms with Crippen LogP contribution in [0.3, 0.4) is 0 Å². The Morgan fingerprint density at radius 1 is 1.33 bits per heavy atom. The monoisotopic (exact) mass is 397 g/mol. The predicted octanol–water partition coefficient (Wildman–Crippen LogP) is 3.26. The van der Waals surface area contributed by atoms with E-state index in [9.17, 15) is 4.39 Å². The highest BCUT2D eigenvalue weighted by molar-refractivity contribution is 7.99. The summed E-state index contributed by atoms with van der Waals surface area (Å²) in [5.74, 6) is 2.35. The van der Waals surface area contributed by atoms with Gasteiger partial charge in [0, 0.05) is 44.1 Å². The number of thioether (sulfide) groups is 1. The van der Waals surface area contributed by atoms with Crippen LogP contribution in [0.1, 0.15) is 19.8 Å². The number of methoxy groups -OCH3 is 1. The van der Waals surface area contributed by atoms with E-state index in [1.165, 1.54) is 12.1 Å². The highest BCUT2D eigenvalue weighted by atomic mass is 32.2. The summed E-state index contributed by atoms with van der Waals surface area (Å²) in [6, 6.07) is 6.66. The zero-order chi connectivity index (χ0) is 19.3. The lowest BCUT2D eigenvalue weighted by molar-refractivity contribution is 0.0536. The SMILES string of the molecule is CCNC(=NCCCSc1ccc(F)cc1)N1CCC(COCCOC)C1. The lowest BCUT2D eigenvalue weighted by Gasteiger charge is -2.21. The van der Waals surface area contributed by atoms with Crippen molar-refractivity contribution in [3.05, 3.63) is 30.1 Å². The molecule has 27 heavy (non-hydrogen) atoms. The Hall–Kier alpha value is -1.31. The van der Waals surface area contributed by atoms with Crippen LogP contribution < -0.4 is 5.32 Å². The van der Waals surface area contributed by atoms with Crippen LogP contribution in [0.4, 0.5) is 4.39 Å². The minimum absolute atomic E-state index is 0.188. The van der Waals surface area contributed by atoms with Crippen LogP contribution in [0, 0.1) is 11.7 Å². The van der Waals surface area contributed by atoms with Crippen LogP contribution in [-0.2, 0) is 9.47 Å². The Bertz CT molecular complexity index is 557. The summed E-state index contributed by atoms with van der Waals surface area (Å²) in [6.45, 7) is 7.87. The maximum absolute atomic E-state index is 12.9. The number of hydrogen-bond acceptors (Lipinski definition) is 4. The molecule has 7 heteroatoms. The normalized spacial score (nSPS) is 17.5. The summed E-state index contributed by atoms with van der Waals surface area (Å²) in [6.07, 6.45) is 2.13. The van der Waals surface area contributed by atoms with Gasteiger partial charge in [-0.3, -0.25) is 4.99 Å². The van der Waals surface area contributed by atoms with Crippen molar-refractivity contribution in [3.8, 4) is 0 Å². The molecule has 5 nitrogen and oxygen atoms in total. The van der Waals surface area contributed by atoms with Gasteiger partial charge in [0.05, 0.1) is 19.8 Å². The molecule has 1 fully saturated rings. The molecule has 1 saturated heterocycles. The third-order valence-corrected chi connectivity index (χ3v) is 5.45. The van der Waals surface area contributed by atoms with E-state index in [1.54, 1.807) is 18.9 Å². The zero-order valence-corrected chi connectivity index (χ0v) is 17.3. The third-order valence-electron chi connectivity index (χ3n) is 4.35. The molecule has 1 aromatic carbocycles. The predicted molar refractivity (Wildman–Crippen MR) is 110 cm³/mol. The number of benzene rings is 1. The Morgan fingerprint density at radius 3 is 2.89 bits per heavy atom. The first kappa shape index (κ1) is 22.0. The fourth-order valence-electron chi connectivity index (χ4n) is 2.95. The first-order chi connectivity index (χ1) is 13.2. The molecule has 152 valence electrons. The molecule has 1 aromatic rings. The standard InChI is InChI=1S/C20H32FN3O2S/c1-3-22-20(24-11-9-17(15-24)16-26-13-12-25-2)23-10-4-14-27-19-7-5-18(21)6-8-19/h5-8,17H,3-4,9-16H2,1-2H3,(H,22,23). The first-order valence-corrected chi connectivity index (χ1v) is 10.7. The third kappa shape index (κ3) is 8.49. The number of guanidine groups is 1. The number of nitrogens with zero attached hydrogens (tertiary/aromatic N) is 2. The van der Waals surface area contributed by atoms with Crippen molar-refractivity contribution in [2.24, 2.45) is 10.9 Å². The lowest BCUT2D eigenvalue weighted by Crippen LogP contribution is -2.40. The van der Waals surface area contributed by atoms with Crippen LogP contribution in [0.15, 0.2) is 34.2 Å². The van der Waals surface area contributed by atoms with Gasteiger partial charge < -0.3 is 19.7 Å². The molecular formula is C20H32FN3O2S. The molecule has 1 heterocycles. The second kappa shape index (κ2) is 13.0. The van der Waals surface area contributed by atoms with Crippen LogP contribution in [0.2, 0.25) is 0 Å². The van der Waals surface area contributed by atoms with E-state index in [0.29, 0.717) is 19.1 Å². The molecule has 0 radical (unpaired) electrons. The van der Waals surface area contributed by atoms with Gasteiger partial charge in [0.1, 0.15) is 5.82 Å². The maximum atomic E-state index is 12.9. The number of hydrogen-bond donors (Lipinski definition) is 1. The fourth-order valence-corrected chi connectivity index (χ4v) is 3.79. The Balaban J connectivity index is 1.69. The molecule has 1 unspecified atom stereocenters. The van der Waals surface area contributed by atoms with Crippen molar-refractivity contribution in [2.45, 2.75) is 24.7 Å². The Morgan fingerprint density at radius 2 is 2.15 bits per heavy atom. The van der Waals surface area contributed by atoms with E-state index in [0.717, 1.165) is 62.2 Å². The number of likely N-dealkylation sites (tertiary alicyclic amines) is 1. The van der Waals surface area contributed by atoms with Crippen molar-refractivity contribution >= 4 is 17.7 Å². The summed E-state index contributed by atoms with van der Waals surface area (Å²) < 4.78 is 23.6. The number of ether oxygens (including phenoxy) is 2. The second-order valence-corrected chi connectivity index (χ2v) is 7.73. The molecule has 2 rings (SSSR count). The number of nitrogens with one attached hydrogen (secondary N) is 1. The van der Waals surface area contributed by atoms with E-state index < -0.39 is 0 Å². The second-order valence-electron chi connectivity index (χ2n) is 6.56. The summed E-state index contributed by atoms with van der Waals surface area (Å²) >= 11 is 1.74. The van der Waals surface area contributed by atoms with Crippen LogP contribution in [-0.4, -0.2) is 69.7 Å². The van der Waals surface area contributed by atoms with Crippen molar-refractivity contribution in [1.29, 1.82) is 0 Å². The molecule has 1 atom stereocenters. The minimum Gasteiger partial charge on any atom is -0.382 e. The topological polar surface area (TPSA) is 46.1 Å². The van der Waals surface area contributed by atoms with Crippen LogP contribution >= 0.6 is 11.8 Å². The maximum Gasteiger partial charge on any atom is 0.193 e. The van der Waals surface area contributed by atoms with Gasteiger partial charge in [0.2, 0.25) is 0 Å². The average Bonchev–Trinajstić information content (AvgIpc) is 3.14. The smallest absolute Gasteiger partial charge is 0.193 e. The number of aliphatic imine (C=N–C) groups is 1. The molecule has 0 amide bonds. The minimum atomic E-state index is -0.188. The summed E-state index contributed by atoms with van der Waals surface area (Å²) in [5, 5.41) is 3.40. The molecule has 0 saturated carbocycles. The van der Waals surface area contributed by atoms with Crippen molar-refractivity contribution in [3.63, 3.8) is 0 Å². The molecule has 1 aliphatic heterocycles. The van der Waals surface area contributed by atoms with Gasteiger partial charge in [0.25, 0.3) is 0 Å². The van der Waals surface area contributed by atoms with E-state index in [2.05, 4.69) is 17.1 Å². The lowest BCUT2D eigenvalue weighted by atomic mass is 10.1. The molecule has 0 aliphatic carbocycles. The number of rotatable bonds is 11. The van der Waals surface area contributed by atoms with E-state index >= 15 is 0 Å². The van der Waals surface area contributed by atoms with Gasteiger partial charge in [-0.15, -0.1) is 11.8 Å².